The van der Waals surface area contributed by atoms with Gasteiger partial charge in [0.2, 0.25) is 0 Å². The summed E-state index contributed by atoms with van der Waals surface area (Å²) in [6, 6.07) is 16.8. The molecule has 0 radical (unpaired) electrons. The van der Waals surface area contributed by atoms with Gasteiger partial charge in [0, 0.05) is 18.6 Å². The number of nitrogens with one attached hydrogen (secondary N) is 1. The lowest BCUT2D eigenvalue weighted by Crippen LogP contribution is -2.31. The molecule has 1 fully saturated rings. The van der Waals surface area contributed by atoms with Crippen molar-refractivity contribution in [3.05, 3.63) is 65.7 Å². The minimum Gasteiger partial charge on any atom is -0.488 e. The van der Waals surface area contributed by atoms with Gasteiger partial charge in [0.15, 0.2) is 0 Å². The summed E-state index contributed by atoms with van der Waals surface area (Å²) in [7, 11) is 0. The van der Waals surface area contributed by atoms with E-state index < -0.39 is 0 Å². The maximum Gasteiger partial charge on any atom is 0.275 e. The predicted octanol–water partition coefficient (Wildman–Crippen LogP) is 4.13. The number of carbonyl (C=O) groups is 2. The van der Waals surface area contributed by atoms with Crippen LogP contribution in [-0.2, 0) is 11.4 Å². The number of para-hydroxylation sites is 1. The van der Waals surface area contributed by atoms with Crippen molar-refractivity contribution in [2.24, 2.45) is 10.5 Å². The number of benzene rings is 2. The van der Waals surface area contributed by atoms with E-state index in [2.05, 4.69) is 10.5 Å². The molecule has 0 spiro atoms. The Balaban J connectivity index is 1.68. The molecule has 3 rings (SSSR count). The Labute approximate surface area is 159 Å². The van der Waals surface area contributed by atoms with Crippen LogP contribution in [0.4, 0.5) is 0 Å². The number of rotatable bonds is 5. The molecule has 27 heavy (non-hydrogen) atoms. The van der Waals surface area contributed by atoms with Gasteiger partial charge in [-0.05, 0) is 29.5 Å². The van der Waals surface area contributed by atoms with Gasteiger partial charge in [-0.3, -0.25) is 9.59 Å². The number of amides is 1. The standard InChI is InChI=1S/C22H24N2O3/c1-22(2)13-17(12-18(25)14-22)23-24-21(26)19-10-6-7-11-20(19)27-15-16-8-4-3-5-9-16/h3-11H,12-15H2,1-2H3,(H,24,26)/b23-17-. The van der Waals surface area contributed by atoms with Crippen molar-refractivity contribution < 1.29 is 14.3 Å². The number of ether oxygens (including phenoxy) is 1. The van der Waals surface area contributed by atoms with Gasteiger partial charge in [-0.1, -0.05) is 56.3 Å². The summed E-state index contributed by atoms with van der Waals surface area (Å²) < 4.78 is 5.82. The van der Waals surface area contributed by atoms with Gasteiger partial charge >= 0.3 is 0 Å². The first-order valence-corrected chi connectivity index (χ1v) is 9.06. The molecule has 0 saturated heterocycles. The first kappa shape index (κ1) is 18.8. The average molecular weight is 364 g/mol. The normalized spacial score (nSPS) is 17.6. The minimum absolute atomic E-state index is 0.115. The summed E-state index contributed by atoms with van der Waals surface area (Å²) >= 11 is 0. The third-order valence-electron chi connectivity index (χ3n) is 4.44. The molecule has 0 aliphatic heterocycles. The first-order valence-electron chi connectivity index (χ1n) is 9.06. The number of carbonyl (C=O) groups excluding carboxylic acids is 2. The Morgan fingerprint density at radius 1 is 1.07 bits per heavy atom. The third kappa shape index (κ3) is 5.26. The molecule has 0 heterocycles. The van der Waals surface area contributed by atoms with Gasteiger partial charge in [0.1, 0.15) is 18.1 Å². The van der Waals surface area contributed by atoms with Gasteiger partial charge in [0.05, 0.1) is 5.56 Å². The van der Waals surface area contributed by atoms with E-state index in [1.165, 1.54) is 0 Å². The number of hydrazone groups is 1. The molecule has 1 aliphatic carbocycles. The van der Waals surface area contributed by atoms with Crippen LogP contribution in [-0.4, -0.2) is 17.4 Å². The second-order valence-electron chi connectivity index (χ2n) is 7.62. The fourth-order valence-electron chi connectivity index (χ4n) is 3.29. The molecule has 1 amide bonds. The van der Waals surface area contributed by atoms with Crippen molar-refractivity contribution in [2.45, 2.75) is 39.7 Å². The van der Waals surface area contributed by atoms with E-state index >= 15 is 0 Å². The molecule has 0 bridgehead atoms. The maximum absolute atomic E-state index is 12.6. The molecule has 0 aromatic heterocycles. The number of Topliss-reactive ketones (excluding diaryl/α,β-unsaturated/α-hetero) is 1. The highest BCUT2D eigenvalue weighted by Gasteiger charge is 2.30. The van der Waals surface area contributed by atoms with E-state index in [0.717, 1.165) is 5.56 Å². The molecule has 0 atom stereocenters. The van der Waals surface area contributed by atoms with Gasteiger partial charge in [0.25, 0.3) is 5.91 Å². The number of ketones is 1. The Bertz CT molecular complexity index is 857. The third-order valence-corrected chi connectivity index (χ3v) is 4.44. The van der Waals surface area contributed by atoms with Crippen molar-refractivity contribution in [3.8, 4) is 5.75 Å². The van der Waals surface area contributed by atoms with E-state index in [0.29, 0.717) is 42.9 Å². The molecule has 5 heteroatoms. The van der Waals surface area contributed by atoms with Crippen LogP contribution in [0.2, 0.25) is 0 Å². The highest BCUT2D eigenvalue weighted by atomic mass is 16.5. The van der Waals surface area contributed by atoms with Gasteiger partial charge in [-0.25, -0.2) is 5.43 Å². The van der Waals surface area contributed by atoms with E-state index in [9.17, 15) is 9.59 Å². The van der Waals surface area contributed by atoms with Gasteiger partial charge < -0.3 is 4.74 Å². The van der Waals surface area contributed by atoms with Crippen LogP contribution in [0.1, 0.15) is 49.0 Å². The van der Waals surface area contributed by atoms with Crippen LogP contribution in [0.25, 0.3) is 0 Å². The second kappa shape index (κ2) is 8.16. The summed E-state index contributed by atoms with van der Waals surface area (Å²) in [6.45, 7) is 4.45. The first-order chi connectivity index (χ1) is 12.9. The fraction of sp³-hybridized carbons (Fsp3) is 0.318. The van der Waals surface area contributed by atoms with Crippen LogP contribution in [0, 0.1) is 5.41 Å². The molecular weight excluding hydrogens is 340 g/mol. The molecule has 140 valence electrons. The molecule has 2 aromatic carbocycles. The summed E-state index contributed by atoms with van der Waals surface area (Å²) in [5, 5.41) is 4.21. The number of nitrogens with zero attached hydrogens (tertiary/aromatic N) is 1. The van der Waals surface area contributed by atoms with E-state index in [1.807, 2.05) is 50.2 Å². The lowest BCUT2D eigenvalue weighted by molar-refractivity contribution is -0.120. The van der Waals surface area contributed by atoms with Crippen molar-refractivity contribution in [1.82, 2.24) is 5.43 Å². The lowest BCUT2D eigenvalue weighted by Gasteiger charge is -2.29. The Hall–Kier alpha value is -2.95. The highest BCUT2D eigenvalue weighted by molar-refractivity contribution is 6.05. The van der Waals surface area contributed by atoms with E-state index in [1.54, 1.807) is 18.2 Å². The summed E-state index contributed by atoms with van der Waals surface area (Å²) in [6.07, 6.45) is 1.55. The zero-order valence-electron chi connectivity index (χ0n) is 15.7. The molecule has 1 saturated carbocycles. The van der Waals surface area contributed by atoms with Crippen molar-refractivity contribution in [2.75, 3.05) is 0 Å². The van der Waals surface area contributed by atoms with Crippen LogP contribution in [0.5, 0.6) is 5.75 Å². The van der Waals surface area contributed by atoms with Crippen LogP contribution in [0.3, 0.4) is 0 Å². The molecule has 2 aromatic rings. The minimum atomic E-state index is -0.345. The zero-order chi connectivity index (χ0) is 19.3. The summed E-state index contributed by atoms with van der Waals surface area (Å²) in [5.74, 6) is 0.312. The Morgan fingerprint density at radius 3 is 2.52 bits per heavy atom. The molecule has 5 nitrogen and oxygen atoms in total. The number of hydrogen-bond donors (Lipinski definition) is 1. The van der Waals surface area contributed by atoms with Crippen LogP contribution >= 0.6 is 0 Å². The average Bonchev–Trinajstić information content (AvgIpc) is 2.64. The SMILES string of the molecule is CC1(C)CC(=O)C/C(=N/NC(=O)c2ccccc2OCc2ccccc2)C1. The summed E-state index contributed by atoms with van der Waals surface area (Å²) in [4.78, 5) is 24.4. The van der Waals surface area contributed by atoms with Gasteiger partial charge in [-0.15, -0.1) is 0 Å². The lowest BCUT2D eigenvalue weighted by atomic mass is 9.76. The quantitative estimate of drug-likeness (QED) is 0.811. The Morgan fingerprint density at radius 2 is 1.78 bits per heavy atom. The highest BCUT2D eigenvalue weighted by Crippen LogP contribution is 2.31. The maximum atomic E-state index is 12.6. The van der Waals surface area contributed by atoms with Crippen molar-refractivity contribution in [1.29, 1.82) is 0 Å². The smallest absolute Gasteiger partial charge is 0.275 e. The molecular formula is C22H24N2O3. The van der Waals surface area contributed by atoms with Crippen LogP contribution < -0.4 is 10.2 Å². The summed E-state index contributed by atoms with van der Waals surface area (Å²) in [5.41, 5.74) is 4.62. The van der Waals surface area contributed by atoms with Crippen molar-refractivity contribution >= 4 is 17.4 Å². The largest absolute Gasteiger partial charge is 0.488 e. The second-order valence-corrected chi connectivity index (χ2v) is 7.62. The number of hydrogen-bond acceptors (Lipinski definition) is 4. The fourth-order valence-corrected chi connectivity index (χ4v) is 3.29. The monoisotopic (exact) mass is 364 g/mol. The predicted molar refractivity (Wildman–Crippen MR) is 105 cm³/mol. The molecule has 1 aliphatic rings. The zero-order valence-corrected chi connectivity index (χ0v) is 15.7. The molecule has 1 N–H and O–H groups in total. The molecule has 0 unspecified atom stereocenters. The van der Waals surface area contributed by atoms with E-state index in [4.69, 9.17) is 4.74 Å². The van der Waals surface area contributed by atoms with Crippen LogP contribution in [0.15, 0.2) is 59.7 Å². The van der Waals surface area contributed by atoms with Gasteiger partial charge in [-0.2, -0.15) is 5.10 Å². The topological polar surface area (TPSA) is 67.8 Å². The van der Waals surface area contributed by atoms with Crippen molar-refractivity contribution in [3.63, 3.8) is 0 Å². The van der Waals surface area contributed by atoms with E-state index in [-0.39, 0.29) is 17.1 Å². The Kier molecular flexibility index (Phi) is 5.69.